The highest BCUT2D eigenvalue weighted by Crippen LogP contribution is 2.13. The van der Waals surface area contributed by atoms with Crippen LogP contribution in [0, 0.1) is 5.92 Å². The maximum absolute atomic E-state index is 11.7. The molecule has 4 nitrogen and oxygen atoms in total. The van der Waals surface area contributed by atoms with Gasteiger partial charge in [0.15, 0.2) is 0 Å². The second kappa shape index (κ2) is 7.56. The van der Waals surface area contributed by atoms with Gasteiger partial charge in [-0.15, -0.1) is 0 Å². The Morgan fingerprint density at radius 1 is 1.21 bits per heavy atom. The van der Waals surface area contributed by atoms with E-state index in [0.717, 1.165) is 12.8 Å². The fourth-order valence-corrected chi connectivity index (χ4v) is 1.42. The summed E-state index contributed by atoms with van der Waals surface area (Å²) >= 11 is 0. The Bertz CT molecular complexity index is 426. The number of rotatable bonds is 6. The molecule has 0 spiro atoms. The number of amides is 1. The van der Waals surface area contributed by atoms with E-state index in [1.54, 1.807) is 24.3 Å². The summed E-state index contributed by atoms with van der Waals surface area (Å²) in [6.45, 7) is 6.22. The van der Waals surface area contributed by atoms with Crippen molar-refractivity contribution >= 4 is 17.6 Å². The Morgan fingerprint density at radius 2 is 1.84 bits per heavy atom. The summed E-state index contributed by atoms with van der Waals surface area (Å²) in [7, 11) is 0. The average Bonchev–Trinajstić information content (AvgIpc) is 2.44. The molecule has 0 saturated heterocycles. The van der Waals surface area contributed by atoms with Crippen molar-refractivity contribution in [2.75, 3.05) is 11.9 Å². The van der Waals surface area contributed by atoms with Crippen molar-refractivity contribution < 1.29 is 14.3 Å². The smallest absolute Gasteiger partial charge is 0.338 e. The first-order valence-corrected chi connectivity index (χ1v) is 6.66. The van der Waals surface area contributed by atoms with E-state index in [0.29, 0.717) is 17.9 Å². The topological polar surface area (TPSA) is 55.4 Å². The lowest BCUT2D eigenvalue weighted by Gasteiger charge is -2.10. The predicted molar refractivity (Wildman–Crippen MR) is 75.1 cm³/mol. The highest BCUT2D eigenvalue weighted by molar-refractivity contribution is 5.94. The lowest BCUT2D eigenvalue weighted by Crippen LogP contribution is -2.19. The van der Waals surface area contributed by atoms with Gasteiger partial charge < -0.3 is 10.1 Å². The molecule has 1 N–H and O–H groups in total. The molecule has 0 bridgehead atoms. The van der Waals surface area contributed by atoms with Crippen molar-refractivity contribution in [2.24, 2.45) is 5.92 Å². The summed E-state index contributed by atoms with van der Waals surface area (Å²) in [5.41, 5.74) is 1.19. The van der Waals surface area contributed by atoms with Gasteiger partial charge in [0.2, 0.25) is 5.91 Å². The van der Waals surface area contributed by atoms with Crippen LogP contribution in [-0.4, -0.2) is 18.5 Å². The molecule has 0 fully saturated rings. The quantitative estimate of drug-likeness (QED) is 0.802. The first-order chi connectivity index (χ1) is 9.08. The first kappa shape index (κ1) is 15.2. The van der Waals surface area contributed by atoms with Gasteiger partial charge in [0.25, 0.3) is 0 Å². The molecular weight excluding hydrogens is 242 g/mol. The summed E-state index contributed by atoms with van der Waals surface area (Å²) in [6.07, 6.45) is 1.60. The molecule has 0 aliphatic heterocycles. The third kappa shape index (κ3) is 4.73. The molecule has 1 aromatic carbocycles. The van der Waals surface area contributed by atoms with Gasteiger partial charge in [-0.25, -0.2) is 4.79 Å². The lowest BCUT2D eigenvalue weighted by molar-refractivity contribution is -0.119. The Morgan fingerprint density at radius 3 is 2.37 bits per heavy atom. The van der Waals surface area contributed by atoms with E-state index in [1.807, 2.05) is 20.8 Å². The summed E-state index contributed by atoms with van der Waals surface area (Å²) < 4.78 is 5.03. The largest absolute Gasteiger partial charge is 0.462 e. The van der Waals surface area contributed by atoms with Crippen molar-refractivity contribution in [3.05, 3.63) is 29.8 Å². The summed E-state index contributed by atoms with van der Waals surface area (Å²) in [5, 5.41) is 2.81. The molecule has 104 valence electrons. The van der Waals surface area contributed by atoms with E-state index >= 15 is 0 Å². The van der Waals surface area contributed by atoms with Gasteiger partial charge in [0.1, 0.15) is 0 Å². The Hall–Kier alpha value is -1.84. The third-order valence-electron chi connectivity index (χ3n) is 2.89. The van der Waals surface area contributed by atoms with Crippen LogP contribution in [0.1, 0.15) is 44.0 Å². The van der Waals surface area contributed by atoms with Gasteiger partial charge in [-0.1, -0.05) is 20.8 Å². The van der Waals surface area contributed by atoms with Crippen LogP contribution in [0.2, 0.25) is 0 Å². The second-order valence-electron chi connectivity index (χ2n) is 4.51. The molecule has 1 aromatic rings. The molecule has 0 heterocycles. The predicted octanol–water partition coefficient (Wildman–Crippen LogP) is 3.24. The van der Waals surface area contributed by atoms with Crippen molar-refractivity contribution in [3.8, 4) is 0 Å². The van der Waals surface area contributed by atoms with Gasteiger partial charge >= 0.3 is 5.97 Å². The molecule has 0 radical (unpaired) electrons. The molecule has 0 saturated carbocycles. The molecule has 1 atom stereocenters. The average molecular weight is 263 g/mol. The van der Waals surface area contributed by atoms with Gasteiger partial charge in [-0.05, 0) is 37.1 Å². The van der Waals surface area contributed by atoms with Crippen molar-refractivity contribution in [1.82, 2.24) is 0 Å². The van der Waals surface area contributed by atoms with Gasteiger partial charge in [0.05, 0.1) is 12.2 Å². The van der Waals surface area contributed by atoms with Crippen LogP contribution in [0.25, 0.3) is 0 Å². The standard InChI is InChI=1S/C15H21NO3/c1-4-10-19-15(18)12-6-8-13(9-7-12)16-14(17)11(3)5-2/h6-9,11H,4-5,10H2,1-3H3,(H,16,17)/t11-/m1/s1. The highest BCUT2D eigenvalue weighted by atomic mass is 16.5. The van der Waals surface area contributed by atoms with E-state index in [-0.39, 0.29) is 17.8 Å². The lowest BCUT2D eigenvalue weighted by atomic mass is 10.1. The fraction of sp³-hybridized carbons (Fsp3) is 0.467. The van der Waals surface area contributed by atoms with Crippen molar-refractivity contribution in [1.29, 1.82) is 0 Å². The number of anilines is 1. The number of hydrogen-bond donors (Lipinski definition) is 1. The molecule has 1 amide bonds. The SMILES string of the molecule is CCCOC(=O)c1ccc(NC(=O)[C@H](C)CC)cc1. The van der Waals surface area contributed by atoms with E-state index in [2.05, 4.69) is 5.32 Å². The molecule has 0 aliphatic rings. The number of ether oxygens (including phenoxy) is 1. The zero-order valence-corrected chi connectivity index (χ0v) is 11.7. The van der Waals surface area contributed by atoms with Crippen LogP contribution >= 0.6 is 0 Å². The zero-order valence-electron chi connectivity index (χ0n) is 11.7. The monoisotopic (exact) mass is 263 g/mol. The molecule has 1 rings (SSSR count). The van der Waals surface area contributed by atoms with Gasteiger partial charge in [0, 0.05) is 11.6 Å². The fourth-order valence-electron chi connectivity index (χ4n) is 1.42. The van der Waals surface area contributed by atoms with Gasteiger partial charge in [-0.2, -0.15) is 0 Å². The van der Waals surface area contributed by atoms with E-state index in [9.17, 15) is 9.59 Å². The first-order valence-electron chi connectivity index (χ1n) is 6.66. The number of hydrogen-bond acceptors (Lipinski definition) is 3. The normalized spacial score (nSPS) is 11.7. The van der Waals surface area contributed by atoms with Crippen molar-refractivity contribution in [3.63, 3.8) is 0 Å². The molecule has 0 aliphatic carbocycles. The van der Waals surface area contributed by atoms with E-state index in [1.165, 1.54) is 0 Å². The van der Waals surface area contributed by atoms with E-state index < -0.39 is 0 Å². The summed E-state index contributed by atoms with van der Waals surface area (Å²) in [4.78, 5) is 23.3. The Kier molecular flexibility index (Phi) is 6.06. The van der Waals surface area contributed by atoms with Gasteiger partial charge in [-0.3, -0.25) is 4.79 Å². The van der Waals surface area contributed by atoms with Crippen LogP contribution in [0.3, 0.4) is 0 Å². The number of carbonyl (C=O) groups excluding carboxylic acids is 2. The molecule has 19 heavy (non-hydrogen) atoms. The molecule has 0 unspecified atom stereocenters. The molecule has 0 aromatic heterocycles. The Balaban J connectivity index is 2.61. The Labute approximate surface area is 114 Å². The minimum atomic E-state index is -0.332. The third-order valence-corrected chi connectivity index (χ3v) is 2.89. The highest BCUT2D eigenvalue weighted by Gasteiger charge is 2.11. The van der Waals surface area contributed by atoms with Crippen molar-refractivity contribution in [2.45, 2.75) is 33.6 Å². The second-order valence-corrected chi connectivity index (χ2v) is 4.51. The number of esters is 1. The number of nitrogens with one attached hydrogen (secondary N) is 1. The zero-order chi connectivity index (χ0) is 14.3. The maximum atomic E-state index is 11.7. The number of benzene rings is 1. The summed E-state index contributed by atoms with van der Waals surface area (Å²) in [6, 6.07) is 6.74. The van der Waals surface area contributed by atoms with Crippen LogP contribution in [0.5, 0.6) is 0 Å². The minimum Gasteiger partial charge on any atom is -0.462 e. The maximum Gasteiger partial charge on any atom is 0.338 e. The van der Waals surface area contributed by atoms with Crippen LogP contribution in [0.15, 0.2) is 24.3 Å². The molecular formula is C15H21NO3. The van der Waals surface area contributed by atoms with Crippen LogP contribution < -0.4 is 5.32 Å². The van der Waals surface area contributed by atoms with Crippen LogP contribution in [0.4, 0.5) is 5.69 Å². The van der Waals surface area contributed by atoms with Crippen LogP contribution in [-0.2, 0) is 9.53 Å². The van der Waals surface area contributed by atoms with E-state index in [4.69, 9.17) is 4.74 Å². The molecule has 4 heteroatoms. The number of carbonyl (C=O) groups is 2. The summed E-state index contributed by atoms with van der Waals surface area (Å²) in [5.74, 6) is -0.361. The minimum absolute atomic E-state index is 0.0104.